The highest BCUT2D eigenvalue weighted by atomic mass is 16.4. The van der Waals surface area contributed by atoms with Crippen LogP contribution in [0, 0.1) is 12.8 Å². The van der Waals surface area contributed by atoms with Gasteiger partial charge in [-0.05, 0) is 44.0 Å². The Morgan fingerprint density at radius 1 is 1.07 bits per heavy atom. The molecule has 7 nitrogen and oxygen atoms in total. The fourth-order valence-electron chi connectivity index (χ4n) is 3.18. The van der Waals surface area contributed by atoms with Crippen molar-refractivity contribution in [3.8, 4) is 0 Å². The highest BCUT2D eigenvalue weighted by Gasteiger charge is 2.28. The number of amides is 2. The van der Waals surface area contributed by atoms with E-state index in [0.29, 0.717) is 31.6 Å². The van der Waals surface area contributed by atoms with Crippen LogP contribution in [0.5, 0.6) is 0 Å². The molecule has 7 heteroatoms. The maximum absolute atomic E-state index is 12.6. The number of likely N-dealkylation sites (tertiary alicyclic amines) is 1. The molecule has 140 valence electrons. The number of aromatic carboxylic acids is 1. The van der Waals surface area contributed by atoms with Crippen molar-refractivity contribution in [2.45, 2.75) is 19.8 Å². The first-order chi connectivity index (χ1) is 13.0. The van der Waals surface area contributed by atoms with Crippen LogP contribution >= 0.6 is 0 Å². The number of hydrogen-bond donors (Lipinski definition) is 2. The van der Waals surface area contributed by atoms with E-state index in [-0.39, 0.29) is 29.0 Å². The number of nitrogens with one attached hydrogen (secondary N) is 1. The largest absolute Gasteiger partial charge is 0.478 e. The van der Waals surface area contributed by atoms with Crippen molar-refractivity contribution in [2.24, 2.45) is 5.92 Å². The molecule has 27 heavy (non-hydrogen) atoms. The Morgan fingerprint density at radius 3 is 2.33 bits per heavy atom. The molecule has 0 spiro atoms. The molecule has 2 aromatic rings. The van der Waals surface area contributed by atoms with Crippen molar-refractivity contribution in [1.29, 1.82) is 0 Å². The lowest BCUT2D eigenvalue weighted by Crippen LogP contribution is -2.41. The number of para-hydroxylation sites is 1. The quantitative estimate of drug-likeness (QED) is 0.865. The molecule has 1 saturated heterocycles. The Labute approximate surface area is 157 Å². The third kappa shape index (κ3) is 4.31. The molecule has 2 heterocycles. The molecule has 0 saturated carbocycles. The lowest BCUT2D eigenvalue weighted by molar-refractivity contribution is -0.121. The maximum Gasteiger partial charge on any atom is 0.337 e. The smallest absolute Gasteiger partial charge is 0.337 e. The zero-order valence-electron chi connectivity index (χ0n) is 15.0. The molecule has 1 aromatic carbocycles. The number of carboxylic acids is 1. The molecule has 0 unspecified atom stereocenters. The summed E-state index contributed by atoms with van der Waals surface area (Å²) >= 11 is 0. The third-order valence-electron chi connectivity index (χ3n) is 4.73. The first-order valence-electron chi connectivity index (χ1n) is 8.82. The molecule has 2 N–H and O–H groups in total. The number of piperidine rings is 1. The van der Waals surface area contributed by atoms with Gasteiger partial charge in [0.2, 0.25) is 5.91 Å². The number of aryl methyl sites for hydroxylation is 1. The minimum absolute atomic E-state index is 0.0342. The second kappa shape index (κ2) is 7.99. The van der Waals surface area contributed by atoms with Gasteiger partial charge in [-0.25, -0.2) is 9.78 Å². The van der Waals surface area contributed by atoms with Crippen LogP contribution in [0.2, 0.25) is 0 Å². The average Bonchev–Trinajstić information content (AvgIpc) is 2.68. The standard InChI is InChI=1S/C20H21N3O4/c1-13-16(20(26)27)7-8-17(21-13)19(25)23-11-9-14(10-12-23)18(24)22-15-5-3-2-4-6-15/h2-8,14H,9-12H2,1H3,(H,22,24)(H,26,27). The molecule has 3 rings (SSSR count). The summed E-state index contributed by atoms with van der Waals surface area (Å²) in [4.78, 5) is 41.8. The van der Waals surface area contributed by atoms with Gasteiger partial charge in [0.1, 0.15) is 5.69 Å². The van der Waals surface area contributed by atoms with E-state index in [0.717, 1.165) is 5.69 Å². The summed E-state index contributed by atoms with van der Waals surface area (Å²) in [5.41, 5.74) is 1.39. The zero-order valence-corrected chi connectivity index (χ0v) is 15.0. The van der Waals surface area contributed by atoms with Gasteiger partial charge < -0.3 is 15.3 Å². The van der Waals surface area contributed by atoms with Crippen LogP contribution in [0.3, 0.4) is 0 Å². The number of carbonyl (C=O) groups excluding carboxylic acids is 2. The van der Waals surface area contributed by atoms with Crippen molar-refractivity contribution in [1.82, 2.24) is 9.88 Å². The summed E-state index contributed by atoms with van der Waals surface area (Å²) in [6.45, 7) is 2.50. The minimum atomic E-state index is -1.07. The Hall–Kier alpha value is -3.22. The number of carboxylic acid groups (broad SMARTS) is 1. The van der Waals surface area contributed by atoms with Crippen LogP contribution in [0.4, 0.5) is 5.69 Å². The number of nitrogens with zero attached hydrogens (tertiary/aromatic N) is 2. The van der Waals surface area contributed by atoms with Gasteiger partial charge in [0.05, 0.1) is 11.3 Å². The minimum Gasteiger partial charge on any atom is -0.478 e. The first kappa shape index (κ1) is 18.6. The number of hydrogen-bond acceptors (Lipinski definition) is 4. The normalized spacial score (nSPS) is 14.6. The lowest BCUT2D eigenvalue weighted by atomic mass is 9.95. The third-order valence-corrected chi connectivity index (χ3v) is 4.73. The van der Waals surface area contributed by atoms with Gasteiger partial charge in [-0.3, -0.25) is 9.59 Å². The van der Waals surface area contributed by atoms with Gasteiger partial charge >= 0.3 is 5.97 Å². The topological polar surface area (TPSA) is 99.6 Å². The van der Waals surface area contributed by atoms with Gasteiger partial charge in [-0.2, -0.15) is 0 Å². The van der Waals surface area contributed by atoms with E-state index in [9.17, 15) is 14.4 Å². The van der Waals surface area contributed by atoms with Crippen LogP contribution in [-0.2, 0) is 4.79 Å². The molecule has 2 amide bonds. The van der Waals surface area contributed by atoms with E-state index in [1.54, 1.807) is 11.8 Å². The second-order valence-electron chi connectivity index (χ2n) is 6.56. The van der Waals surface area contributed by atoms with Crippen LogP contribution in [0.1, 0.15) is 39.4 Å². The van der Waals surface area contributed by atoms with Crippen molar-refractivity contribution in [3.05, 3.63) is 59.4 Å². The van der Waals surface area contributed by atoms with E-state index < -0.39 is 5.97 Å². The summed E-state index contributed by atoms with van der Waals surface area (Å²) in [5, 5.41) is 12.0. The Balaban J connectivity index is 1.58. The van der Waals surface area contributed by atoms with Crippen LogP contribution in [0.15, 0.2) is 42.5 Å². The molecular formula is C20H21N3O4. The van der Waals surface area contributed by atoms with Gasteiger partial charge in [-0.1, -0.05) is 18.2 Å². The zero-order chi connectivity index (χ0) is 19.4. The number of pyridine rings is 1. The summed E-state index contributed by atoms with van der Waals surface area (Å²) in [6.07, 6.45) is 1.16. The van der Waals surface area contributed by atoms with Gasteiger partial charge in [0, 0.05) is 24.7 Å². The molecule has 1 aliphatic heterocycles. The number of aromatic nitrogens is 1. The molecule has 0 atom stereocenters. The molecule has 0 radical (unpaired) electrons. The predicted octanol–water partition coefficient (Wildman–Crippen LogP) is 2.58. The van der Waals surface area contributed by atoms with Crippen molar-refractivity contribution >= 4 is 23.5 Å². The van der Waals surface area contributed by atoms with Crippen LogP contribution in [0.25, 0.3) is 0 Å². The monoisotopic (exact) mass is 367 g/mol. The fraction of sp³-hybridized carbons (Fsp3) is 0.300. The van der Waals surface area contributed by atoms with Crippen LogP contribution < -0.4 is 5.32 Å². The van der Waals surface area contributed by atoms with Crippen molar-refractivity contribution < 1.29 is 19.5 Å². The summed E-state index contributed by atoms with van der Waals surface area (Å²) in [5.74, 6) is -1.48. The summed E-state index contributed by atoms with van der Waals surface area (Å²) < 4.78 is 0. The molecular weight excluding hydrogens is 346 g/mol. The SMILES string of the molecule is Cc1nc(C(=O)N2CCC(C(=O)Nc3ccccc3)CC2)ccc1C(=O)O. The highest BCUT2D eigenvalue weighted by molar-refractivity contribution is 5.95. The molecule has 0 bridgehead atoms. The van der Waals surface area contributed by atoms with E-state index >= 15 is 0 Å². The Bertz CT molecular complexity index is 859. The molecule has 0 aliphatic carbocycles. The Kier molecular flexibility index (Phi) is 5.49. The Morgan fingerprint density at radius 2 is 1.74 bits per heavy atom. The van der Waals surface area contributed by atoms with Crippen LogP contribution in [-0.4, -0.2) is 45.9 Å². The number of carbonyl (C=O) groups is 3. The molecule has 1 aromatic heterocycles. The van der Waals surface area contributed by atoms with E-state index in [1.165, 1.54) is 12.1 Å². The predicted molar refractivity (Wildman–Crippen MR) is 99.6 cm³/mol. The van der Waals surface area contributed by atoms with Gasteiger partial charge in [-0.15, -0.1) is 0 Å². The van der Waals surface area contributed by atoms with E-state index in [2.05, 4.69) is 10.3 Å². The summed E-state index contributed by atoms with van der Waals surface area (Å²) in [6, 6.07) is 12.1. The van der Waals surface area contributed by atoms with Crippen molar-refractivity contribution in [2.75, 3.05) is 18.4 Å². The first-order valence-corrected chi connectivity index (χ1v) is 8.82. The number of rotatable bonds is 4. The second-order valence-corrected chi connectivity index (χ2v) is 6.56. The average molecular weight is 367 g/mol. The van der Waals surface area contributed by atoms with Crippen molar-refractivity contribution in [3.63, 3.8) is 0 Å². The summed E-state index contributed by atoms with van der Waals surface area (Å²) in [7, 11) is 0. The fourth-order valence-corrected chi connectivity index (χ4v) is 3.18. The number of anilines is 1. The molecule has 1 fully saturated rings. The molecule has 1 aliphatic rings. The van der Waals surface area contributed by atoms with E-state index in [4.69, 9.17) is 5.11 Å². The number of benzene rings is 1. The van der Waals surface area contributed by atoms with Gasteiger partial charge in [0.15, 0.2) is 0 Å². The van der Waals surface area contributed by atoms with E-state index in [1.807, 2.05) is 30.3 Å². The van der Waals surface area contributed by atoms with Gasteiger partial charge in [0.25, 0.3) is 5.91 Å². The maximum atomic E-state index is 12.6. The lowest BCUT2D eigenvalue weighted by Gasteiger charge is -2.31. The highest BCUT2D eigenvalue weighted by Crippen LogP contribution is 2.21.